The van der Waals surface area contributed by atoms with Crippen LogP contribution in [-0.2, 0) is 4.79 Å². The van der Waals surface area contributed by atoms with Crippen LogP contribution in [0.2, 0.25) is 10.0 Å². The summed E-state index contributed by atoms with van der Waals surface area (Å²) in [5.41, 5.74) is 2.50. The zero-order valence-electron chi connectivity index (χ0n) is 15.1. The third-order valence-electron chi connectivity index (χ3n) is 5.00. The lowest BCUT2D eigenvalue weighted by Gasteiger charge is -2.21. The molecule has 28 heavy (non-hydrogen) atoms. The summed E-state index contributed by atoms with van der Waals surface area (Å²) in [5.74, 6) is 0.958. The van der Waals surface area contributed by atoms with Gasteiger partial charge in [0, 0.05) is 27.4 Å². The van der Waals surface area contributed by atoms with E-state index in [2.05, 4.69) is 20.8 Å². The molecular weight excluding hydrogens is 419 g/mol. The predicted octanol–water partition coefficient (Wildman–Crippen LogP) is 5.29. The molecule has 3 N–H and O–H groups in total. The molecule has 2 heterocycles. The molecule has 1 aliphatic rings. The number of anilines is 1. The maximum Gasteiger partial charge on any atom is 0.225 e. The summed E-state index contributed by atoms with van der Waals surface area (Å²) < 4.78 is 0. The number of benzene rings is 2. The van der Waals surface area contributed by atoms with Crippen LogP contribution in [-0.4, -0.2) is 29.2 Å². The summed E-state index contributed by atoms with van der Waals surface area (Å²) in [5, 5.41) is 15.5. The van der Waals surface area contributed by atoms with Crippen molar-refractivity contribution >= 4 is 58.2 Å². The highest BCUT2D eigenvalue weighted by Crippen LogP contribution is 2.36. The summed E-state index contributed by atoms with van der Waals surface area (Å²) in [7, 11) is 0. The molecule has 8 heteroatoms. The van der Waals surface area contributed by atoms with E-state index in [4.69, 9.17) is 23.2 Å². The van der Waals surface area contributed by atoms with Gasteiger partial charge in [0.05, 0.1) is 5.52 Å². The van der Waals surface area contributed by atoms with Gasteiger partial charge in [0.25, 0.3) is 0 Å². The Morgan fingerprint density at radius 2 is 1.86 bits per heavy atom. The molecule has 1 aliphatic heterocycles. The first-order valence-electron chi connectivity index (χ1n) is 9.05. The van der Waals surface area contributed by atoms with Gasteiger partial charge in [-0.1, -0.05) is 35.3 Å². The predicted molar refractivity (Wildman–Crippen MR) is 118 cm³/mol. The minimum atomic E-state index is -0.00326. The second-order valence-electron chi connectivity index (χ2n) is 6.87. The molecule has 0 atom stereocenters. The van der Waals surface area contributed by atoms with Crippen molar-refractivity contribution in [3.8, 4) is 11.1 Å². The van der Waals surface area contributed by atoms with Crippen LogP contribution in [0.3, 0.4) is 0 Å². The van der Waals surface area contributed by atoms with Crippen LogP contribution in [0.1, 0.15) is 19.3 Å². The van der Waals surface area contributed by atoms with Crippen molar-refractivity contribution in [1.82, 2.24) is 15.5 Å². The fraction of sp³-hybridized carbons (Fsp3) is 0.300. The van der Waals surface area contributed by atoms with Gasteiger partial charge in [-0.25, -0.2) is 0 Å². The van der Waals surface area contributed by atoms with E-state index >= 15 is 0 Å². The zero-order chi connectivity index (χ0) is 18.8. The lowest BCUT2D eigenvalue weighted by Crippen LogP contribution is -2.30. The van der Waals surface area contributed by atoms with E-state index in [0.717, 1.165) is 48.0 Å². The van der Waals surface area contributed by atoms with Gasteiger partial charge in [0.2, 0.25) is 5.91 Å². The van der Waals surface area contributed by atoms with Crippen LogP contribution in [0, 0.1) is 5.92 Å². The number of nitrogens with zero attached hydrogens (tertiary/aromatic N) is 1. The molecule has 4 rings (SSSR count). The van der Waals surface area contributed by atoms with Crippen molar-refractivity contribution in [2.45, 2.75) is 19.3 Å². The number of halogens is 3. The smallest absolute Gasteiger partial charge is 0.225 e. The number of carbonyl (C=O) groups is 1. The Bertz CT molecular complexity index is 962. The average molecular weight is 440 g/mol. The fourth-order valence-corrected chi connectivity index (χ4v) is 4.19. The van der Waals surface area contributed by atoms with Crippen LogP contribution in [0.4, 0.5) is 5.82 Å². The zero-order valence-corrected chi connectivity index (χ0v) is 17.4. The highest BCUT2D eigenvalue weighted by Gasteiger charge is 2.18. The van der Waals surface area contributed by atoms with Crippen molar-refractivity contribution in [1.29, 1.82) is 0 Å². The Labute approximate surface area is 179 Å². The minimum Gasteiger partial charge on any atom is -0.317 e. The lowest BCUT2D eigenvalue weighted by molar-refractivity contribution is -0.117. The SMILES string of the molecule is Cl.O=C(CC1CCNCC1)Nc1n[nH]c2ccc(-c3c(Cl)cccc3Cl)cc12. The largest absolute Gasteiger partial charge is 0.317 e. The first-order chi connectivity index (χ1) is 13.1. The summed E-state index contributed by atoms with van der Waals surface area (Å²) in [6, 6.07) is 11.2. The van der Waals surface area contributed by atoms with Gasteiger partial charge in [-0.2, -0.15) is 5.10 Å². The van der Waals surface area contributed by atoms with Gasteiger partial charge < -0.3 is 10.6 Å². The summed E-state index contributed by atoms with van der Waals surface area (Å²) in [6.45, 7) is 1.95. The number of hydrogen-bond acceptors (Lipinski definition) is 3. The fourth-order valence-electron chi connectivity index (χ4n) is 3.57. The molecule has 0 aliphatic carbocycles. The maximum absolute atomic E-state index is 12.5. The molecule has 1 fully saturated rings. The van der Waals surface area contributed by atoms with Crippen LogP contribution in [0.25, 0.3) is 22.0 Å². The van der Waals surface area contributed by atoms with E-state index in [-0.39, 0.29) is 18.3 Å². The number of carbonyl (C=O) groups excluding carboxylic acids is 1. The van der Waals surface area contributed by atoms with Gasteiger partial charge in [0.15, 0.2) is 5.82 Å². The molecule has 1 aromatic heterocycles. The number of piperidine rings is 1. The molecule has 1 amide bonds. The van der Waals surface area contributed by atoms with Gasteiger partial charge in [-0.05, 0) is 61.7 Å². The molecule has 0 bridgehead atoms. The van der Waals surface area contributed by atoms with Crippen LogP contribution >= 0.6 is 35.6 Å². The standard InChI is InChI=1S/C20H20Cl2N4O.ClH/c21-15-2-1-3-16(22)19(15)13-4-5-17-14(11-13)20(26-25-17)24-18(27)10-12-6-8-23-9-7-12;/h1-5,11-12,23H,6-10H2,(H2,24,25,26,27);1H. The van der Waals surface area contributed by atoms with Crippen molar-refractivity contribution in [2.24, 2.45) is 5.92 Å². The van der Waals surface area contributed by atoms with E-state index in [1.165, 1.54) is 0 Å². The Hall–Kier alpha value is -1.79. The van der Waals surface area contributed by atoms with Crippen LogP contribution in [0.15, 0.2) is 36.4 Å². The number of hydrogen-bond donors (Lipinski definition) is 3. The molecule has 0 spiro atoms. The summed E-state index contributed by atoms with van der Waals surface area (Å²) in [4.78, 5) is 12.5. The first kappa shape index (κ1) is 20.9. The quantitative estimate of drug-likeness (QED) is 0.517. The number of amides is 1. The third-order valence-corrected chi connectivity index (χ3v) is 5.63. The Morgan fingerprint density at radius 3 is 2.57 bits per heavy atom. The Morgan fingerprint density at radius 1 is 1.14 bits per heavy atom. The molecular formula is C20H21Cl3N4O. The molecule has 148 valence electrons. The van der Waals surface area contributed by atoms with Crippen LogP contribution < -0.4 is 10.6 Å². The maximum atomic E-state index is 12.5. The second-order valence-corrected chi connectivity index (χ2v) is 7.69. The van der Waals surface area contributed by atoms with E-state index < -0.39 is 0 Å². The Kier molecular flexibility index (Phi) is 6.83. The Balaban J connectivity index is 0.00000225. The van der Waals surface area contributed by atoms with Crippen LogP contribution in [0.5, 0.6) is 0 Å². The van der Waals surface area contributed by atoms with Gasteiger partial charge in [-0.3, -0.25) is 9.89 Å². The summed E-state index contributed by atoms with van der Waals surface area (Å²) >= 11 is 12.7. The van der Waals surface area contributed by atoms with Gasteiger partial charge in [0.1, 0.15) is 0 Å². The van der Waals surface area contributed by atoms with Crippen molar-refractivity contribution in [3.05, 3.63) is 46.4 Å². The number of aromatic nitrogens is 2. The number of H-pyrrole nitrogens is 1. The van der Waals surface area contributed by atoms with Gasteiger partial charge in [-0.15, -0.1) is 12.4 Å². The average Bonchev–Trinajstić information content (AvgIpc) is 3.04. The highest BCUT2D eigenvalue weighted by molar-refractivity contribution is 6.39. The van der Waals surface area contributed by atoms with E-state index in [9.17, 15) is 4.79 Å². The molecule has 3 aromatic rings. The van der Waals surface area contributed by atoms with Gasteiger partial charge >= 0.3 is 0 Å². The first-order valence-corrected chi connectivity index (χ1v) is 9.80. The normalized spacial score (nSPS) is 14.6. The van der Waals surface area contributed by atoms with E-state index in [1.807, 2.05) is 36.4 Å². The van der Waals surface area contributed by atoms with E-state index in [1.54, 1.807) is 0 Å². The minimum absolute atomic E-state index is 0. The molecule has 1 saturated heterocycles. The number of fused-ring (bicyclic) bond motifs is 1. The monoisotopic (exact) mass is 438 g/mol. The van der Waals surface area contributed by atoms with E-state index in [0.29, 0.717) is 28.2 Å². The lowest BCUT2D eigenvalue weighted by atomic mass is 9.94. The molecule has 2 aromatic carbocycles. The second kappa shape index (κ2) is 9.14. The van der Waals surface area contributed by atoms with Crippen molar-refractivity contribution in [3.63, 3.8) is 0 Å². The topological polar surface area (TPSA) is 69.8 Å². The van der Waals surface area contributed by atoms with Crippen molar-refractivity contribution in [2.75, 3.05) is 18.4 Å². The number of nitrogens with one attached hydrogen (secondary N) is 3. The third kappa shape index (κ3) is 4.44. The van der Waals surface area contributed by atoms with Crippen molar-refractivity contribution < 1.29 is 4.79 Å². The molecule has 0 saturated carbocycles. The molecule has 5 nitrogen and oxygen atoms in total. The highest BCUT2D eigenvalue weighted by atomic mass is 35.5. The number of rotatable bonds is 4. The molecule has 0 radical (unpaired) electrons. The summed E-state index contributed by atoms with van der Waals surface area (Å²) in [6.07, 6.45) is 2.58. The molecule has 0 unspecified atom stereocenters. The number of aromatic amines is 1.